The van der Waals surface area contributed by atoms with E-state index >= 15 is 0 Å². The minimum absolute atomic E-state index is 0.291. The van der Waals surface area contributed by atoms with Crippen LogP contribution >= 0.6 is 0 Å². The lowest BCUT2D eigenvalue weighted by atomic mass is 10.2. The van der Waals surface area contributed by atoms with Crippen molar-refractivity contribution in [3.05, 3.63) is 54.3 Å². The highest BCUT2D eigenvalue weighted by Crippen LogP contribution is 2.09. The number of aryl methyl sites for hydroxylation is 2. The topological polar surface area (TPSA) is 124 Å². The van der Waals surface area contributed by atoms with Crippen LogP contribution in [0.3, 0.4) is 0 Å². The van der Waals surface area contributed by atoms with Crippen LogP contribution in [0.4, 0.5) is 0 Å². The van der Waals surface area contributed by atoms with Crippen LogP contribution in [-0.2, 0) is 41.3 Å². The lowest BCUT2D eigenvalue weighted by Crippen LogP contribution is -2.37. The predicted molar refractivity (Wildman–Crippen MR) is 130 cm³/mol. The molecule has 184 valence electrons. The molecule has 4 heterocycles. The Labute approximate surface area is 195 Å². The molecule has 0 atom stereocenters. The molecular weight excluding hydrogens is 440 g/mol. The first-order valence-electron chi connectivity index (χ1n) is 11.1. The molecule has 0 saturated carbocycles. The van der Waals surface area contributed by atoms with Gasteiger partial charge in [-0.1, -0.05) is 27.7 Å². The lowest BCUT2D eigenvalue weighted by Gasteiger charge is -2.08. The summed E-state index contributed by atoms with van der Waals surface area (Å²) in [5.74, 6) is 0.823. The van der Waals surface area contributed by atoms with Crippen LogP contribution in [-0.4, -0.2) is 37.4 Å². The average molecular weight is 473 g/mol. The van der Waals surface area contributed by atoms with Crippen LogP contribution in [0.1, 0.15) is 27.7 Å². The van der Waals surface area contributed by atoms with Crippen LogP contribution in [0.25, 0.3) is 22.3 Å². The van der Waals surface area contributed by atoms with Crippen molar-refractivity contribution >= 4 is 22.3 Å². The molecule has 34 heavy (non-hydrogen) atoms. The number of hydrogen-bond donors (Lipinski definition) is 0. The quantitative estimate of drug-likeness (QED) is 0.417. The number of aromatic nitrogens is 8. The van der Waals surface area contributed by atoms with Gasteiger partial charge in [0.2, 0.25) is 0 Å². The fourth-order valence-electron chi connectivity index (χ4n) is 3.86. The largest absolute Gasteiger partial charge is 0.332 e. The molecule has 0 aliphatic heterocycles. The molecular formula is C22H32N8O4. The first-order valence-corrected chi connectivity index (χ1v) is 11.1. The van der Waals surface area contributed by atoms with E-state index < -0.39 is 0 Å². The minimum Gasteiger partial charge on any atom is -0.324 e. The van der Waals surface area contributed by atoms with E-state index in [9.17, 15) is 19.2 Å². The molecule has 12 heteroatoms. The average Bonchev–Trinajstić information content (AvgIpc) is 3.37. The maximum atomic E-state index is 12.1. The number of nitrogens with zero attached hydrogens (tertiary/aromatic N) is 8. The van der Waals surface area contributed by atoms with Crippen molar-refractivity contribution in [2.45, 2.75) is 40.8 Å². The third-order valence-electron chi connectivity index (χ3n) is 5.56. The van der Waals surface area contributed by atoms with Gasteiger partial charge in [-0.05, 0) is 11.8 Å². The van der Waals surface area contributed by atoms with Gasteiger partial charge in [0.05, 0.1) is 12.7 Å². The van der Waals surface area contributed by atoms with E-state index in [1.54, 1.807) is 26.7 Å². The van der Waals surface area contributed by atoms with Gasteiger partial charge in [0, 0.05) is 41.3 Å². The van der Waals surface area contributed by atoms with Gasteiger partial charge in [-0.15, -0.1) is 0 Å². The molecule has 4 rings (SSSR count). The van der Waals surface area contributed by atoms with E-state index in [2.05, 4.69) is 37.7 Å². The summed E-state index contributed by atoms with van der Waals surface area (Å²) >= 11 is 0. The summed E-state index contributed by atoms with van der Waals surface area (Å²) in [5, 5.41) is 0. The zero-order valence-electron chi connectivity index (χ0n) is 20.9. The molecule has 0 bridgehead atoms. The molecule has 0 saturated heterocycles. The van der Waals surface area contributed by atoms with Gasteiger partial charge in [-0.3, -0.25) is 27.9 Å². The van der Waals surface area contributed by atoms with Crippen molar-refractivity contribution in [2.24, 2.45) is 40.0 Å². The van der Waals surface area contributed by atoms with E-state index in [0.717, 1.165) is 9.13 Å². The van der Waals surface area contributed by atoms with Crippen molar-refractivity contribution in [3.63, 3.8) is 0 Å². The Kier molecular flexibility index (Phi) is 6.80. The molecule has 0 spiro atoms. The van der Waals surface area contributed by atoms with Crippen molar-refractivity contribution in [3.8, 4) is 0 Å². The van der Waals surface area contributed by atoms with E-state index in [1.165, 1.54) is 23.2 Å². The zero-order chi connectivity index (χ0) is 25.5. The maximum absolute atomic E-state index is 12.1. The van der Waals surface area contributed by atoms with Crippen molar-refractivity contribution < 1.29 is 0 Å². The van der Waals surface area contributed by atoms with E-state index in [-0.39, 0.29) is 22.5 Å². The standard InChI is InChI=1S/2C11H16N4O2/c2*1-7(2)5-15-6-12-9-8(15)10(16)14(4)11(17)13(9)3/h2*6-7H,5H2,1-4H3. The SMILES string of the molecule is CC(C)Cn1cnc2c1c(=O)n(C)c(=O)n2C.CC(C)Cn1cnc2c1c(=O)n(C)c(=O)n2C. The molecule has 0 radical (unpaired) electrons. The monoisotopic (exact) mass is 472 g/mol. The second-order valence-electron chi connectivity index (χ2n) is 9.34. The molecule has 0 fully saturated rings. The summed E-state index contributed by atoms with van der Waals surface area (Å²) in [7, 11) is 6.21. The second-order valence-corrected chi connectivity index (χ2v) is 9.34. The molecule has 0 unspecified atom stereocenters. The van der Waals surface area contributed by atoms with Crippen LogP contribution in [0.5, 0.6) is 0 Å². The highest BCUT2D eigenvalue weighted by atomic mass is 16.2. The van der Waals surface area contributed by atoms with Crippen LogP contribution in [0.15, 0.2) is 31.8 Å². The fraction of sp³-hybridized carbons (Fsp3) is 0.545. The Balaban J connectivity index is 0.000000191. The Hall–Kier alpha value is -3.70. The van der Waals surface area contributed by atoms with Gasteiger partial charge in [-0.2, -0.15) is 0 Å². The number of imidazole rings is 2. The summed E-state index contributed by atoms with van der Waals surface area (Å²) in [4.78, 5) is 55.8. The molecule has 4 aromatic heterocycles. The van der Waals surface area contributed by atoms with Gasteiger partial charge in [0.1, 0.15) is 0 Å². The molecule has 0 N–H and O–H groups in total. The minimum atomic E-state index is -0.350. The third kappa shape index (κ3) is 4.27. The van der Waals surface area contributed by atoms with Gasteiger partial charge < -0.3 is 9.13 Å². The molecule has 0 amide bonds. The number of fused-ring (bicyclic) bond motifs is 2. The number of rotatable bonds is 4. The summed E-state index contributed by atoms with van der Waals surface area (Å²) in [6, 6.07) is 0. The number of hydrogen-bond acceptors (Lipinski definition) is 6. The van der Waals surface area contributed by atoms with Crippen LogP contribution in [0.2, 0.25) is 0 Å². The molecule has 0 aromatic carbocycles. The second kappa shape index (κ2) is 9.27. The Morgan fingerprint density at radius 1 is 0.618 bits per heavy atom. The van der Waals surface area contributed by atoms with Crippen LogP contribution < -0.4 is 22.5 Å². The molecule has 4 aromatic rings. The van der Waals surface area contributed by atoms with Crippen molar-refractivity contribution in [1.29, 1.82) is 0 Å². The summed E-state index contributed by atoms with van der Waals surface area (Å²) in [6.45, 7) is 9.70. The Morgan fingerprint density at radius 3 is 1.24 bits per heavy atom. The van der Waals surface area contributed by atoms with Crippen LogP contribution in [0, 0.1) is 11.8 Å². The first kappa shape index (κ1) is 24.9. The van der Waals surface area contributed by atoms with E-state index in [4.69, 9.17) is 0 Å². The van der Waals surface area contributed by atoms with Gasteiger partial charge in [0.25, 0.3) is 11.1 Å². The molecule has 0 aliphatic carbocycles. The van der Waals surface area contributed by atoms with E-state index in [0.29, 0.717) is 47.3 Å². The van der Waals surface area contributed by atoms with Crippen molar-refractivity contribution in [2.75, 3.05) is 0 Å². The maximum Gasteiger partial charge on any atom is 0.332 e. The highest BCUT2D eigenvalue weighted by molar-refractivity contribution is 5.70. The van der Waals surface area contributed by atoms with Gasteiger partial charge in [0.15, 0.2) is 22.3 Å². The zero-order valence-corrected chi connectivity index (χ0v) is 20.9. The first-order chi connectivity index (χ1) is 15.9. The van der Waals surface area contributed by atoms with Gasteiger partial charge >= 0.3 is 11.4 Å². The Bertz CT molecular complexity index is 1470. The molecule has 12 nitrogen and oxygen atoms in total. The smallest absolute Gasteiger partial charge is 0.324 e. The third-order valence-corrected chi connectivity index (χ3v) is 5.56. The van der Waals surface area contributed by atoms with Gasteiger partial charge in [-0.25, -0.2) is 19.6 Å². The predicted octanol–water partition coefficient (Wildman–Crippen LogP) is 0.179. The summed E-state index contributed by atoms with van der Waals surface area (Å²) in [5.41, 5.74) is 0.584. The summed E-state index contributed by atoms with van der Waals surface area (Å²) in [6.07, 6.45) is 3.23. The molecule has 0 aliphatic rings. The highest BCUT2D eigenvalue weighted by Gasteiger charge is 2.15. The fourth-order valence-corrected chi connectivity index (χ4v) is 3.86. The summed E-state index contributed by atoms with van der Waals surface area (Å²) < 4.78 is 8.63. The van der Waals surface area contributed by atoms with Crippen molar-refractivity contribution in [1.82, 2.24) is 37.4 Å². The lowest BCUT2D eigenvalue weighted by molar-refractivity contribution is 0.530. The Morgan fingerprint density at radius 2 is 0.941 bits per heavy atom. The normalized spacial score (nSPS) is 11.6. The van der Waals surface area contributed by atoms with E-state index in [1.807, 2.05) is 9.13 Å².